The van der Waals surface area contributed by atoms with Gasteiger partial charge in [-0.15, -0.1) is 0 Å². The van der Waals surface area contributed by atoms with Gasteiger partial charge in [-0.1, -0.05) is 0 Å². The highest BCUT2D eigenvalue weighted by molar-refractivity contribution is 5.96. The van der Waals surface area contributed by atoms with Gasteiger partial charge in [0, 0.05) is 24.9 Å². The zero-order valence-corrected chi connectivity index (χ0v) is 14.1. The third-order valence-electron chi connectivity index (χ3n) is 4.15. The smallest absolute Gasteiger partial charge is 0.223 e. The molecule has 1 aromatic carbocycles. The Balaban J connectivity index is 1.81. The maximum atomic E-state index is 12.4. The molecule has 1 amide bonds. The fourth-order valence-electron chi connectivity index (χ4n) is 2.78. The van der Waals surface area contributed by atoms with E-state index in [1.54, 1.807) is 31.4 Å². The van der Waals surface area contributed by atoms with Crippen LogP contribution < -0.4 is 4.74 Å². The summed E-state index contributed by atoms with van der Waals surface area (Å²) < 4.78 is 10.5. The molecule has 0 aliphatic carbocycles. The number of rotatable bonds is 6. The summed E-state index contributed by atoms with van der Waals surface area (Å²) in [4.78, 5) is 26.4. The molecule has 1 aliphatic heterocycles. The zero-order chi connectivity index (χ0) is 16.9. The van der Waals surface area contributed by atoms with E-state index >= 15 is 0 Å². The van der Waals surface area contributed by atoms with E-state index < -0.39 is 0 Å². The van der Waals surface area contributed by atoms with Gasteiger partial charge in [-0.25, -0.2) is 0 Å². The molecular weight excluding hydrogens is 294 g/mol. The van der Waals surface area contributed by atoms with Crippen molar-refractivity contribution in [3.8, 4) is 5.75 Å². The predicted octanol–water partition coefficient (Wildman–Crippen LogP) is 2.69. The van der Waals surface area contributed by atoms with Gasteiger partial charge in [-0.3, -0.25) is 9.59 Å². The highest BCUT2D eigenvalue weighted by Crippen LogP contribution is 2.21. The summed E-state index contributed by atoms with van der Waals surface area (Å²) in [6, 6.07) is 7.06. The molecule has 126 valence electrons. The Morgan fingerprint density at radius 1 is 1.22 bits per heavy atom. The number of carbonyl (C=O) groups is 2. The zero-order valence-electron chi connectivity index (χ0n) is 14.1. The molecule has 0 radical (unpaired) electrons. The van der Waals surface area contributed by atoms with Gasteiger partial charge in [0.05, 0.1) is 25.9 Å². The number of morpholine rings is 1. The second kappa shape index (κ2) is 7.59. The third kappa shape index (κ3) is 4.55. The molecule has 5 heteroatoms. The number of hydrogen-bond acceptors (Lipinski definition) is 4. The molecule has 1 heterocycles. The van der Waals surface area contributed by atoms with Crippen molar-refractivity contribution < 1.29 is 19.1 Å². The highest BCUT2D eigenvalue weighted by atomic mass is 16.5. The lowest BCUT2D eigenvalue weighted by Crippen LogP contribution is -2.55. The number of benzene rings is 1. The van der Waals surface area contributed by atoms with E-state index in [-0.39, 0.29) is 17.2 Å². The lowest BCUT2D eigenvalue weighted by atomic mass is 10.0. The van der Waals surface area contributed by atoms with E-state index in [0.717, 1.165) is 5.75 Å². The van der Waals surface area contributed by atoms with E-state index in [1.807, 2.05) is 18.7 Å². The molecule has 5 nitrogen and oxygen atoms in total. The Hall–Kier alpha value is -1.88. The lowest BCUT2D eigenvalue weighted by molar-refractivity contribution is -0.146. The Morgan fingerprint density at radius 3 is 2.52 bits per heavy atom. The number of hydrogen-bond donors (Lipinski definition) is 0. The summed E-state index contributed by atoms with van der Waals surface area (Å²) in [7, 11) is 1.59. The molecule has 0 unspecified atom stereocenters. The standard InChI is InChI=1S/C18H25NO4/c1-18(2)13-23-12-11-19(18)17(21)6-4-5-16(20)14-7-9-15(22-3)10-8-14/h7-10H,4-6,11-13H2,1-3H3. The van der Waals surface area contributed by atoms with Crippen LogP contribution in [0.1, 0.15) is 43.5 Å². The van der Waals surface area contributed by atoms with E-state index in [2.05, 4.69) is 0 Å². The van der Waals surface area contributed by atoms with Gasteiger partial charge in [0.15, 0.2) is 5.78 Å². The van der Waals surface area contributed by atoms with Crippen LogP contribution in [0, 0.1) is 0 Å². The van der Waals surface area contributed by atoms with Crippen molar-refractivity contribution in [2.75, 3.05) is 26.9 Å². The number of amides is 1. The third-order valence-corrected chi connectivity index (χ3v) is 4.15. The Kier molecular flexibility index (Phi) is 5.77. The molecule has 1 saturated heterocycles. The maximum absolute atomic E-state index is 12.4. The molecular formula is C18H25NO4. The van der Waals surface area contributed by atoms with Crippen LogP contribution in [-0.2, 0) is 9.53 Å². The van der Waals surface area contributed by atoms with E-state index in [1.165, 1.54) is 0 Å². The van der Waals surface area contributed by atoms with E-state index in [0.29, 0.717) is 44.6 Å². The SMILES string of the molecule is COc1ccc(C(=O)CCCC(=O)N2CCOCC2(C)C)cc1. The van der Waals surface area contributed by atoms with Gasteiger partial charge in [-0.2, -0.15) is 0 Å². The van der Waals surface area contributed by atoms with Crippen molar-refractivity contribution in [2.24, 2.45) is 0 Å². The molecule has 0 atom stereocenters. The minimum atomic E-state index is -0.269. The van der Waals surface area contributed by atoms with Gasteiger partial charge in [-0.05, 0) is 44.5 Å². The highest BCUT2D eigenvalue weighted by Gasteiger charge is 2.33. The maximum Gasteiger partial charge on any atom is 0.223 e. The molecule has 0 aromatic heterocycles. The topological polar surface area (TPSA) is 55.8 Å². The summed E-state index contributed by atoms with van der Waals surface area (Å²) in [5, 5.41) is 0. The molecule has 1 aromatic rings. The molecule has 0 saturated carbocycles. The number of ether oxygens (including phenoxy) is 2. The van der Waals surface area contributed by atoms with Crippen LogP contribution in [0.2, 0.25) is 0 Å². The monoisotopic (exact) mass is 319 g/mol. The first kappa shape index (κ1) is 17.5. The summed E-state index contributed by atoms with van der Waals surface area (Å²) in [5.74, 6) is 0.883. The van der Waals surface area contributed by atoms with Crippen LogP contribution >= 0.6 is 0 Å². The number of carbonyl (C=O) groups excluding carboxylic acids is 2. The normalized spacial score (nSPS) is 16.9. The van der Waals surface area contributed by atoms with Crippen molar-refractivity contribution in [3.63, 3.8) is 0 Å². The van der Waals surface area contributed by atoms with Gasteiger partial charge >= 0.3 is 0 Å². The summed E-state index contributed by atoms with van der Waals surface area (Å²) in [6.07, 6.45) is 1.34. The Bertz CT molecular complexity index is 551. The second-order valence-electron chi connectivity index (χ2n) is 6.42. The van der Waals surface area contributed by atoms with Crippen molar-refractivity contribution in [2.45, 2.75) is 38.6 Å². The van der Waals surface area contributed by atoms with Crippen molar-refractivity contribution in [3.05, 3.63) is 29.8 Å². The molecule has 0 spiro atoms. The Labute approximate surface area is 137 Å². The predicted molar refractivity (Wildman–Crippen MR) is 87.8 cm³/mol. The van der Waals surface area contributed by atoms with Gasteiger partial charge in [0.2, 0.25) is 5.91 Å². The number of nitrogens with zero attached hydrogens (tertiary/aromatic N) is 1. The van der Waals surface area contributed by atoms with Crippen LogP contribution in [0.15, 0.2) is 24.3 Å². The van der Waals surface area contributed by atoms with Crippen LogP contribution in [0.25, 0.3) is 0 Å². The molecule has 1 fully saturated rings. The van der Waals surface area contributed by atoms with Crippen LogP contribution in [0.3, 0.4) is 0 Å². The number of ketones is 1. The average molecular weight is 319 g/mol. The minimum Gasteiger partial charge on any atom is -0.497 e. The molecule has 0 bridgehead atoms. The number of Topliss-reactive ketones (excluding diaryl/α,β-unsaturated/α-hetero) is 1. The van der Waals surface area contributed by atoms with Crippen LogP contribution in [0.5, 0.6) is 5.75 Å². The second-order valence-corrected chi connectivity index (χ2v) is 6.42. The average Bonchev–Trinajstić information content (AvgIpc) is 2.54. The minimum absolute atomic E-state index is 0.0571. The van der Waals surface area contributed by atoms with Crippen molar-refractivity contribution >= 4 is 11.7 Å². The summed E-state index contributed by atoms with van der Waals surface area (Å²) in [5.41, 5.74) is 0.389. The Morgan fingerprint density at radius 2 is 1.91 bits per heavy atom. The summed E-state index contributed by atoms with van der Waals surface area (Å²) in [6.45, 7) is 5.78. The molecule has 1 aliphatic rings. The van der Waals surface area contributed by atoms with Crippen molar-refractivity contribution in [1.29, 1.82) is 0 Å². The van der Waals surface area contributed by atoms with Gasteiger partial charge in [0.1, 0.15) is 5.75 Å². The molecule has 2 rings (SSSR count). The molecule has 23 heavy (non-hydrogen) atoms. The quantitative estimate of drug-likeness (QED) is 0.757. The van der Waals surface area contributed by atoms with Crippen molar-refractivity contribution in [1.82, 2.24) is 4.90 Å². The van der Waals surface area contributed by atoms with E-state index in [9.17, 15) is 9.59 Å². The lowest BCUT2D eigenvalue weighted by Gasteiger charge is -2.42. The van der Waals surface area contributed by atoms with Gasteiger partial charge in [0.25, 0.3) is 0 Å². The first-order valence-corrected chi connectivity index (χ1v) is 7.99. The van der Waals surface area contributed by atoms with Crippen LogP contribution in [0.4, 0.5) is 0 Å². The first-order valence-electron chi connectivity index (χ1n) is 7.99. The van der Waals surface area contributed by atoms with E-state index in [4.69, 9.17) is 9.47 Å². The summed E-state index contributed by atoms with van der Waals surface area (Å²) >= 11 is 0. The van der Waals surface area contributed by atoms with Gasteiger partial charge < -0.3 is 14.4 Å². The number of methoxy groups -OCH3 is 1. The van der Waals surface area contributed by atoms with Crippen LogP contribution in [-0.4, -0.2) is 49.0 Å². The first-order chi connectivity index (χ1) is 10.9. The fraction of sp³-hybridized carbons (Fsp3) is 0.556. The fourth-order valence-corrected chi connectivity index (χ4v) is 2.78. The largest absolute Gasteiger partial charge is 0.497 e. The molecule has 0 N–H and O–H groups in total.